The molecular formula is C23H22N2O4S2. The summed E-state index contributed by atoms with van der Waals surface area (Å²) in [5.74, 6) is 0.0601. The van der Waals surface area contributed by atoms with Crippen LogP contribution in [0.3, 0.4) is 0 Å². The summed E-state index contributed by atoms with van der Waals surface area (Å²) in [6.45, 7) is 5.69. The summed E-state index contributed by atoms with van der Waals surface area (Å²) in [7, 11) is -3.58. The quantitative estimate of drug-likeness (QED) is 0.403. The van der Waals surface area contributed by atoms with E-state index in [0.29, 0.717) is 10.9 Å². The molecule has 31 heavy (non-hydrogen) atoms. The fourth-order valence-electron chi connectivity index (χ4n) is 3.36. The summed E-state index contributed by atoms with van der Waals surface area (Å²) in [6, 6.07) is 13.9. The largest absolute Gasteiger partial charge is 0.467 e. The second kappa shape index (κ2) is 8.28. The van der Waals surface area contributed by atoms with Crippen molar-refractivity contribution in [2.24, 2.45) is 0 Å². The number of aryl methyl sites for hydroxylation is 2. The Bertz CT molecular complexity index is 1320. The van der Waals surface area contributed by atoms with Gasteiger partial charge in [-0.3, -0.25) is 9.69 Å². The van der Waals surface area contributed by atoms with E-state index < -0.39 is 15.7 Å². The molecule has 0 radical (unpaired) electrons. The molecule has 0 saturated heterocycles. The van der Waals surface area contributed by atoms with Gasteiger partial charge in [-0.05, 0) is 49.2 Å². The summed E-state index contributed by atoms with van der Waals surface area (Å²) in [5, 5.41) is 0.498. The van der Waals surface area contributed by atoms with Gasteiger partial charge in [0.25, 0.3) is 5.91 Å². The van der Waals surface area contributed by atoms with E-state index >= 15 is 0 Å². The number of carbonyl (C=O) groups excluding carboxylic acids is 1. The normalized spacial score (nSPS) is 11.7. The van der Waals surface area contributed by atoms with Crippen molar-refractivity contribution in [3.05, 3.63) is 77.2 Å². The van der Waals surface area contributed by atoms with E-state index in [9.17, 15) is 13.2 Å². The van der Waals surface area contributed by atoms with Crippen LogP contribution in [0.1, 0.15) is 34.2 Å². The Kier molecular flexibility index (Phi) is 5.68. The van der Waals surface area contributed by atoms with Crippen molar-refractivity contribution in [2.45, 2.75) is 32.2 Å². The standard InChI is InChI=1S/C23H22N2O4S2/c1-4-31(27,28)19-10-6-5-9-18(19)22(26)25(14-17-8-7-13-29-17)23-24-20-15(2)11-12-16(3)21(20)30-23/h5-13H,4,14H2,1-3H3. The first kappa shape index (κ1) is 21.3. The van der Waals surface area contributed by atoms with Crippen molar-refractivity contribution < 1.29 is 17.6 Å². The van der Waals surface area contributed by atoms with Crippen LogP contribution in [0.2, 0.25) is 0 Å². The third kappa shape index (κ3) is 4.00. The Morgan fingerprint density at radius 1 is 1.06 bits per heavy atom. The second-order valence-electron chi connectivity index (χ2n) is 7.24. The molecule has 1 amide bonds. The van der Waals surface area contributed by atoms with Crippen LogP contribution in [-0.2, 0) is 16.4 Å². The van der Waals surface area contributed by atoms with Gasteiger partial charge >= 0.3 is 0 Å². The summed E-state index contributed by atoms with van der Waals surface area (Å²) >= 11 is 1.41. The molecule has 0 aliphatic carbocycles. The topological polar surface area (TPSA) is 80.5 Å². The Hall–Kier alpha value is -2.97. The maximum Gasteiger partial charge on any atom is 0.261 e. The minimum atomic E-state index is -3.58. The molecule has 0 saturated carbocycles. The van der Waals surface area contributed by atoms with Gasteiger partial charge in [-0.2, -0.15) is 0 Å². The molecule has 0 aliphatic rings. The van der Waals surface area contributed by atoms with Crippen LogP contribution in [0.15, 0.2) is 64.1 Å². The monoisotopic (exact) mass is 454 g/mol. The van der Waals surface area contributed by atoms with Gasteiger partial charge in [0.2, 0.25) is 0 Å². The van der Waals surface area contributed by atoms with Gasteiger partial charge in [-0.15, -0.1) is 0 Å². The first-order chi connectivity index (χ1) is 14.8. The van der Waals surface area contributed by atoms with Crippen LogP contribution in [0, 0.1) is 13.8 Å². The zero-order chi connectivity index (χ0) is 22.2. The molecule has 160 valence electrons. The van der Waals surface area contributed by atoms with Crippen LogP contribution in [0.5, 0.6) is 0 Å². The summed E-state index contributed by atoms with van der Waals surface area (Å²) < 4.78 is 31.7. The molecule has 0 spiro atoms. The number of furan rings is 1. The molecule has 0 N–H and O–H groups in total. The molecule has 2 aromatic heterocycles. The third-order valence-corrected chi connectivity index (χ3v) is 8.13. The van der Waals surface area contributed by atoms with Crippen molar-refractivity contribution in [1.82, 2.24) is 4.98 Å². The van der Waals surface area contributed by atoms with Crippen LogP contribution < -0.4 is 4.90 Å². The highest BCUT2D eigenvalue weighted by atomic mass is 32.2. The van der Waals surface area contributed by atoms with Crippen LogP contribution >= 0.6 is 11.3 Å². The number of nitrogens with zero attached hydrogens (tertiary/aromatic N) is 2. The van der Waals surface area contributed by atoms with E-state index in [2.05, 4.69) is 0 Å². The number of sulfone groups is 1. The molecule has 0 atom stereocenters. The lowest BCUT2D eigenvalue weighted by Gasteiger charge is -2.20. The second-order valence-corrected chi connectivity index (χ2v) is 10.5. The zero-order valence-corrected chi connectivity index (χ0v) is 19.1. The highest BCUT2D eigenvalue weighted by Crippen LogP contribution is 2.35. The van der Waals surface area contributed by atoms with Crippen molar-refractivity contribution in [3.8, 4) is 0 Å². The van der Waals surface area contributed by atoms with E-state index in [1.54, 1.807) is 43.5 Å². The Labute approximate surface area is 185 Å². The number of fused-ring (bicyclic) bond motifs is 1. The Balaban J connectivity index is 1.87. The lowest BCUT2D eigenvalue weighted by molar-refractivity contribution is 0.0980. The number of hydrogen-bond donors (Lipinski definition) is 0. The summed E-state index contributed by atoms with van der Waals surface area (Å²) in [5.41, 5.74) is 3.06. The average molecular weight is 455 g/mol. The van der Waals surface area contributed by atoms with Crippen molar-refractivity contribution in [2.75, 3.05) is 10.7 Å². The lowest BCUT2D eigenvalue weighted by Crippen LogP contribution is -2.31. The number of aromatic nitrogens is 1. The van der Waals surface area contributed by atoms with Crippen molar-refractivity contribution in [3.63, 3.8) is 0 Å². The van der Waals surface area contributed by atoms with Crippen molar-refractivity contribution >= 4 is 42.4 Å². The highest BCUT2D eigenvalue weighted by Gasteiger charge is 2.28. The predicted octanol–water partition coefficient (Wildman–Crippen LogP) is 5.15. The minimum Gasteiger partial charge on any atom is -0.467 e. The number of hydrogen-bond acceptors (Lipinski definition) is 6. The fraction of sp³-hybridized carbons (Fsp3) is 0.217. The molecule has 0 aliphatic heterocycles. The molecule has 0 unspecified atom stereocenters. The summed E-state index contributed by atoms with van der Waals surface area (Å²) in [4.78, 5) is 20.0. The number of benzene rings is 2. The predicted molar refractivity (Wildman–Crippen MR) is 122 cm³/mol. The van der Waals surface area contributed by atoms with E-state index in [-0.39, 0.29) is 22.8 Å². The van der Waals surface area contributed by atoms with Crippen LogP contribution in [0.25, 0.3) is 10.2 Å². The maximum atomic E-state index is 13.7. The molecule has 0 fully saturated rings. The molecule has 6 nitrogen and oxygen atoms in total. The first-order valence-electron chi connectivity index (χ1n) is 9.84. The number of amides is 1. The first-order valence-corrected chi connectivity index (χ1v) is 12.3. The summed E-state index contributed by atoms with van der Waals surface area (Å²) in [6.07, 6.45) is 1.54. The maximum absolute atomic E-state index is 13.7. The fourth-order valence-corrected chi connectivity index (χ4v) is 5.56. The average Bonchev–Trinajstić information content (AvgIpc) is 3.45. The number of rotatable bonds is 6. The molecule has 2 heterocycles. The minimum absolute atomic E-state index is 0.0282. The molecule has 2 aromatic carbocycles. The van der Waals surface area contributed by atoms with E-state index in [4.69, 9.17) is 9.40 Å². The van der Waals surface area contributed by atoms with E-state index in [1.807, 2.05) is 26.0 Å². The number of thiazole rings is 1. The molecule has 0 bridgehead atoms. The highest BCUT2D eigenvalue weighted by molar-refractivity contribution is 7.91. The SMILES string of the molecule is CCS(=O)(=O)c1ccccc1C(=O)N(Cc1ccco1)c1nc2c(C)ccc(C)c2s1. The van der Waals surface area contributed by atoms with Gasteiger partial charge in [0, 0.05) is 0 Å². The zero-order valence-electron chi connectivity index (χ0n) is 17.5. The van der Waals surface area contributed by atoms with Gasteiger partial charge in [0.15, 0.2) is 15.0 Å². The van der Waals surface area contributed by atoms with Gasteiger partial charge in [-0.25, -0.2) is 13.4 Å². The van der Waals surface area contributed by atoms with Crippen LogP contribution in [-0.4, -0.2) is 25.1 Å². The van der Waals surface area contributed by atoms with E-state index in [1.165, 1.54) is 22.3 Å². The van der Waals surface area contributed by atoms with Gasteiger partial charge in [0.05, 0.1) is 39.2 Å². The van der Waals surface area contributed by atoms with E-state index in [0.717, 1.165) is 21.3 Å². The van der Waals surface area contributed by atoms with Crippen molar-refractivity contribution in [1.29, 1.82) is 0 Å². The Morgan fingerprint density at radius 2 is 1.81 bits per heavy atom. The third-order valence-electron chi connectivity index (χ3n) is 5.13. The molecular weight excluding hydrogens is 432 g/mol. The molecule has 4 rings (SSSR count). The van der Waals surface area contributed by atoms with Crippen LogP contribution in [0.4, 0.5) is 5.13 Å². The van der Waals surface area contributed by atoms with Gasteiger partial charge in [0.1, 0.15) is 5.76 Å². The van der Waals surface area contributed by atoms with Gasteiger partial charge in [-0.1, -0.05) is 42.5 Å². The molecule has 8 heteroatoms. The smallest absolute Gasteiger partial charge is 0.261 e. The molecule has 4 aromatic rings. The van der Waals surface area contributed by atoms with Gasteiger partial charge < -0.3 is 4.42 Å². The Morgan fingerprint density at radius 3 is 2.48 bits per heavy atom. The number of carbonyl (C=O) groups is 1. The number of anilines is 1. The lowest BCUT2D eigenvalue weighted by atomic mass is 10.1.